The summed E-state index contributed by atoms with van der Waals surface area (Å²) in [7, 11) is 1.90. The minimum Gasteiger partial charge on any atom is -0.372 e. The van der Waals surface area contributed by atoms with E-state index in [1.807, 2.05) is 19.4 Å². The van der Waals surface area contributed by atoms with E-state index in [4.69, 9.17) is 4.74 Å². The van der Waals surface area contributed by atoms with Crippen LogP contribution < -0.4 is 10.2 Å². The molecule has 0 amide bonds. The lowest BCUT2D eigenvalue weighted by molar-refractivity contribution is -0.0279. The summed E-state index contributed by atoms with van der Waals surface area (Å²) in [6, 6.07) is 0. The number of nitrogens with zero attached hydrogens (tertiary/aromatic N) is 3. The first kappa shape index (κ1) is 12.3. The largest absolute Gasteiger partial charge is 0.372 e. The van der Waals surface area contributed by atoms with Gasteiger partial charge in [0.1, 0.15) is 5.82 Å². The predicted molar refractivity (Wildman–Crippen MR) is 67.0 cm³/mol. The molecule has 1 aromatic rings. The Balaban J connectivity index is 2.06. The molecule has 1 aliphatic heterocycles. The molecule has 1 saturated heterocycles. The summed E-state index contributed by atoms with van der Waals surface area (Å²) in [5.74, 6) is 0.932. The molecular formula is C12H20N4O. The van der Waals surface area contributed by atoms with E-state index in [0.717, 1.165) is 37.8 Å². The van der Waals surface area contributed by atoms with E-state index in [-0.39, 0.29) is 5.60 Å². The maximum Gasteiger partial charge on any atom is 0.147 e. The Hall–Kier alpha value is -1.20. The zero-order valence-electron chi connectivity index (χ0n) is 10.7. The average Bonchev–Trinajstić information content (AvgIpc) is 2.29. The molecule has 0 unspecified atom stereocenters. The van der Waals surface area contributed by atoms with Crippen molar-refractivity contribution < 1.29 is 4.74 Å². The standard InChI is InChI=1S/C12H20N4O/c1-12(2)9-16(4-5-17-12)11-8-14-10(6-13-3)7-15-11/h7-8,13H,4-6,9H2,1-3H3. The monoisotopic (exact) mass is 236 g/mol. The van der Waals surface area contributed by atoms with Crippen LogP contribution >= 0.6 is 0 Å². The molecule has 1 fully saturated rings. The van der Waals surface area contributed by atoms with Crippen LogP contribution in [-0.2, 0) is 11.3 Å². The Morgan fingerprint density at radius 3 is 2.82 bits per heavy atom. The number of anilines is 1. The van der Waals surface area contributed by atoms with E-state index >= 15 is 0 Å². The molecular weight excluding hydrogens is 216 g/mol. The highest BCUT2D eigenvalue weighted by Gasteiger charge is 2.27. The van der Waals surface area contributed by atoms with Crippen molar-refractivity contribution in [2.45, 2.75) is 26.0 Å². The molecule has 2 rings (SSSR count). The summed E-state index contributed by atoms with van der Waals surface area (Å²) in [6.45, 7) is 7.43. The molecule has 0 radical (unpaired) electrons. The van der Waals surface area contributed by atoms with Gasteiger partial charge in [-0.05, 0) is 20.9 Å². The van der Waals surface area contributed by atoms with Gasteiger partial charge in [0.25, 0.3) is 0 Å². The van der Waals surface area contributed by atoms with Crippen LogP contribution in [0.4, 0.5) is 5.82 Å². The number of hydrogen-bond acceptors (Lipinski definition) is 5. The fourth-order valence-electron chi connectivity index (χ4n) is 2.00. The molecule has 0 atom stereocenters. The van der Waals surface area contributed by atoms with Gasteiger partial charge in [-0.25, -0.2) is 4.98 Å². The van der Waals surface area contributed by atoms with Gasteiger partial charge in [-0.3, -0.25) is 4.98 Å². The topological polar surface area (TPSA) is 50.3 Å². The Morgan fingerprint density at radius 1 is 1.41 bits per heavy atom. The van der Waals surface area contributed by atoms with Gasteiger partial charge < -0.3 is 15.0 Å². The average molecular weight is 236 g/mol. The number of ether oxygens (including phenoxy) is 1. The lowest BCUT2D eigenvalue weighted by Gasteiger charge is -2.38. The first-order chi connectivity index (χ1) is 8.11. The Labute approximate surface area is 102 Å². The van der Waals surface area contributed by atoms with E-state index in [0.29, 0.717) is 0 Å². The highest BCUT2D eigenvalue weighted by molar-refractivity contribution is 5.37. The van der Waals surface area contributed by atoms with E-state index in [2.05, 4.69) is 34.0 Å². The van der Waals surface area contributed by atoms with Gasteiger partial charge in [-0.1, -0.05) is 0 Å². The first-order valence-corrected chi connectivity index (χ1v) is 5.95. The molecule has 0 saturated carbocycles. The second-order valence-electron chi connectivity index (χ2n) is 4.93. The SMILES string of the molecule is CNCc1cnc(N2CCOC(C)(C)C2)cn1. The van der Waals surface area contributed by atoms with Crippen molar-refractivity contribution in [1.29, 1.82) is 0 Å². The summed E-state index contributed by atoms with van der Waals surface area (Å²) in [4.78, 5) is 11.1. The minimum atomic E-state index is -0.108. The number of rotatable bonds is 3. The third kappa shape index (κ3) is 3.14. The quantitative estimate of drug-likeness (QED) is 0.841. The molecule has 1 aliphatic rings. The molecule has 0 spiro atoms. The number of aromatic nitrogens is 2. The van der Waals surface area contributed by atoms with Crippen LogP contribution in [0.3, 0.4) is 0 Å². The summed E-state index contributed by atoms with van der Waals surface area (Å²) in [5, 5.41) is 3.06. The van der Waals surface area contributed by atoms with Crippen molar-refractivity contribution in [3.05, 3.63) is 18.1 Å². The normalized spacial score (nSPS) is 19.4. The Kier molecular flexibility index (Phi) is 3.59. The van der Waals surface area contributed by atoms with E-state index in [1.165, 1.54) is 0 Å². The van der Waals surface area contributed by atoms with Crippen LogP contribution in [0.5, 0.6) is 0 Å². The summed E-state index contributed by atoms with van der Waals surface area (Å²) in [6.07, 6.45) is 3.67. The molecule has 1 aromatic heterocycles. The van der Waals surface area contributed by atoms with Crippen molar-refractivity contribution in [3.63, 3.8) is 0 Å². The maximum atomic E-state index is 5.68. The van der Waals surface area contributed by atoms with Gasteiger partial charge in [0.2, 0.25) is 0 Å². The molecule has 5 nitrogen and oxygen atoms in total. The molecule has 0 aromatic carbocycles. The second kappa shape index (κ2) is 4.98. The summed E-state index contributed by atoms with van der Waals surface area (Å²) < 4.78 is 5.68. The van der Waals surface area contributed by atoms with E-state index < -0.39 is 0 Å². The van der Waals surface area contributed by atoms with Crippen LogP contribution in [-0.4, -0.2) is 42.3 Å². The number of morpholine rings is 1. The van der Waals surface area contributed by atoms with Gasteiger partial charge in [-0.15, -0.1) is 0 Å². The van der Waals surface area contributed by atoms with Crippen LogP contribution in [0.1, 0.15) is 19.5 Å². The highest BCUT2D eigenvalue weighted by atomic mass is 16.5. The highest BCUT2D eigenvalue weighted by Crippen LogP contribution is 2.20. The van der Waals surface area contributed by atoms with E-state index in [1.54, 1.807) is 0 Å². The van der Waals surface area contributed by atoms with E-state index in [9.17, 15) is 0 Å². The van der Waals surface area contributed by atoms with Crippen LogP contribution in [0.2, 0.25) is 0 Å². The third-order valence-corrected chi connectivity index (χ3v) is 2.80. The molecule has 94 valence electrons. The molecule has 1 N–H and O–H groups in total. The van der Waals surface area contributed by atoms with Gasteiger partial charge in [0.05, 0.1) is 30.3 Å². The zero-order valence-corrected chi connectivity index (χ0v) is 10.7. The van der Waals surface area contributed by atoms with Crippen LogP contribution in [0.15, 0.2) is 12.4 Å². The zero-order chi connectivity index (χ0) is 12.3. The van der Waals surface area contributed by atoms with Crippen LogP contribution in [0, 0.1) is 0 Å². The fourth-order valence-corrected chi connectivity index (χ4v) is 2.00. The van der Waals surface area contributed by atoms with Crippen molar-refractivity contribution >= 4 is 5.82 Å². The number of nitrogens with one attached hydrogen (secondary N) is 1. The first-order valence-electron chi connectivity index (χ1n) is 5.95. The van der Waals surface area contributed by atoms with Gasteiger partial charge in [0, 0.05) is 19.6 Å². The second-order valence-corrected chi connectivity index (χ2v) is 4.93. The predicted octanol–water partition coefficient (Wildman–Crippen LogP) is 0.811. The van der Waals surface area contributed by atoms with Gasteiger partial charge in [-0.2, -0.15) is 0 Å². The molecule has 0 bridgehead atoms. The van der Waals surface area contributed by atoms with Crippen molar-refractivity contribution in [3.8, 4) is 0 Å². The molecule has 2 heterocycles. The summed E-state index contributed by atoms with van der Waals surface area (Å²) in [5.41, 5.74) is 0.854. The van der Waals surface area contributed by atoms with Crippen molar-refractivity contribution in [2.24, 2.45) is 0 Å². The molecule has 0 aliphatic carbocycles. The molecule has 17 heavy (non-hydrogen) atoms. The van der Waals surface area contributed by atoms with Crippen molar-refractivity contribution in [1.82, 2.24) is 15.3 Å². The molecule has 5 heteroatoms. The van der Waals surface area contributed by atoms with Gasteiger partial charge in [0.15, 0.2) is 0 Å². The fraction of sp³-hybridized carbons (Fsp3) is 0.667. The third-order valence-electron chi connectivity index (χ3n) is 2.80. The number of hydrogen-bond donors (Lipinski definition) is 1. The lowest BCUT2D eigenvalue weighted by atomic mass is 10.1. The maximum absolute atomic E-state index is 5.68. The smallest absolute Gasteiger partial charge is 0.147 e. The summed E-state index contributed by atoms with van der Waals surface area (Å²) >= 11 is 0. The Bertz CT molecular complexity index is 363. The Morgan fingerprint density at radius 2 is 2.24 bits per heavy atom. The lowest BCUT2D eigenvalue weighted by Crippen LogP contribution is -2.48. The van der Waals surface area contributed by atoms with Crippen molar-refractivity contribution in [2.75, 3.05) is 31.6 Å². The van der Waals surface area contributed by atoms with Crippen LogP contribution in [0.25, 0.3) is 0 Å². The minimum absolute atomic E-state index is 0.108. The van der Waals surface area contributed by atoms with Gasteiger partial charge >= 0.3 is 0 Å².